The Balaban J connectivity index is 2.58. The molecule has 0 aliphatic heterocycles. The number of rotatable bonds is 6. The smallest absolute Gasteiger partial charge is 0.218 e. The molecule has 0 aromatic carbocycles. The van der Waals surface area contributed by atoms with Crippen molar-refractivity contribution in [2.75, 3.05) is 19.8 Å². The van der Waals surface area contributed by atoms with Gasteiger partial charge in [-0.05, 0) is 6.92 Å². The Labute approximate surface area is 101 Å². The van der Waals surface area contributed by atoms with Crippen LogP contribution >= 0.6 is 11.6 Å². The third-order valence-corrected chi connectivity index (χ3v) is 2.08. The first-order valence-corrected chi connectivity index (χ1v) is 5.76. The highest BCUT2D eigenvalue weighted by molar-refractivity contribution is 6.29. The minimum atomic E-state index is 0.230. The van der Waals surface area contributed by atoms with Crippen molar-refractivity contribution >= 4 is 11.6 Å². The fourth-order valence-electron chi connectivity index (χ4n) is 1.10. The molecule has 0 aliphatic carbocycles. The molecule has 0 aliphatic rings. The third-order valence-electron chi connectivity index (χ3n) is 1.89. The van der Waals surface area contributed by atoms with Gasteiger partial charge in [0.05, 0.1) is 6.61 Å². The maximum absolute atomic E-state index is 5.87. The molecule has 0 saturated carbocycles. The lowest BCUT2D eigenvalue weighted by atomic mass is 10.2. The lowest BCUT2D eigenvalue weighted by molar-refractivity contribution is 0.108. The van der Waals surface area contributed by atoms with Crippen molar-refractivity contribution in [3.05, 3.63) is 17.0 Å². The summed E-state index contributed by atoms with van der Waals surface area (Å²) in [5.41, 5.74) is 0. The average molecular weight is 245 g/mol. The molecule has 0 unspecified atom stereocenters. The van der Waals surface area contributed by atoms with Gasteiger partial charge in [-0.1, -0.05) is 25.4 Å². The summed E-state index contributed by atoms with van der Waals surface area (Å²) in [6, 6.07) is 1.61. The van der Waals surface area contributed by atoms with E-state index in [1.54, 1.807) is 6.07 Å². The van der Waals surface area contributed by atoms with Crippen LogP contribution in [0.1, 0.15) is 32.5 Å². The standard InChI is InChI=1S/C11H17ClN2O2/c1-4-15-5-6-16-10-7-9(12)13-11(14-10)8(2)3/h7-8H,4-6H2,1-3H3. The highest BCUT2D eigenvalue weighted by Crippen LogP contribution is 2.18. The van der Waals surface area contributed by atoms with Crippen LogP contribution in [0.3, 0.4) is 0 Å². The van der Waals surface area contributed by atoms with E-state index < -0.39 is 0 Å². The molecule has 0 saturated heterocycles. The van der Waals surface area contributed by atoms with E-state index in [0.29, 0.717) is 36.7 Å². The molecule has 1 aromatic rings. The zero-order valence-corrected chi connectivity index (χ0v) is 10.6. The molecule has 0 spiro atoms. The van der Waals surface area contributed by atoms with Gasteiger partial charge in [-0.3, -0.25) is 0 Å². The van der Waals surface area contributed by atoms with Gasteiger partial charge in [0.2, 0.25) is 5.88 Å². The van der Waals surface area contributed by atoms with Gasteiger partial charge in [0.25, 0.3) is 0 Å². The molecule has 1 aromatic heterocycles. The number of hydrogen-bond acceptors (Lipinski definition) is 4. The summed E-state index contributed by atoms with van der Waals surface area (Å²) in [7, 11) is 0. The predicted octanol–water partition coefficient (Wildman–Crippen LogP) is 2.67. The Hall–Kier alpha value is -0.870. The second-order valence-electron chi connectivity index (χ2n) is 3.59. The molecule has 5 heteroatoms. The van der Waals surface area contributed by atoms with Gasteiger partial charge in [-0.15, -0.1) is 0 Å². The maximum Gasteiger partial charge on any atom is 0.218 e. The molecule has 90 valence electrons. The summed E-state index contributed by atoms with van der Waals surface area (Å²) in [5, 5.41) is 0.408. The summed E-state index contributed by atoms with van der Waals surface area (Å²) >= 11 is 5.87. The quantitative estimate of drug-likeness (QED) is 0.570. The highest BCUT2D eigenvalue weighted by atomic mass is 35.5. The number of ether oxygens (including phenoxy) is 2. The molecule has 0 atom stereocenters. The first kappa shape index (κ1) is 13.2. The van der Waals surface area contributed by atoms with Crippen molar-refractivity contribution < 1.29 is 9.47 Å². The van der Waals surface area contributed by atoms with Gasteiger partial charge in [-0.2, -0.15) is 4.98 Å². The fourth-order valence-corrected chi connectivity index (χ4v) is 1.28. The van der Waals surface area contributed by atoms with Gasteiger partial charge in [-0.25, -0.2) is 4.98 Å². The van der Waals surface area contributed by atoms with Crippen LogP contribution in [0, 0.1) is 0 Å². The Morgan fingerprint density at radius 1 is 1.31 bits per heavy atom. The summed E-state index contributed by atoms with van der Waals surface area (Å²) in [6.45, 7) is 7.67. The van der Waals surface area contributed by atoms with E-state index >= 15 is 0 Å². The Morgan fingerprint density at radius 2 is 2.06 bits per heavy atom. The van der Waals surface area contributed by atoms with E-state index in [9.17, 15) is 0 Å². The summed E-state index contributed by atoms with van der Waals surface area (Å²) in [4.78, 5) is 8.38. The van der Waals surface area contributed by atoms with Crippen LogP contribution in [0.2, 0.25) is 5.15 Å². The van der Waals surface area contributed by atoms with Crippen LogP contribution in [0.25, 0.3) is 0 Å². The van der Waals surface area contributed by atoms with E-state index in [-0.39, 0.29) is 5.92 Å². The van der Waals surface area contributed by atoms with Crippen LogP contribution in [0.5, 0.6) is 5.88 Å². The molecular formula is C11H17ClN2O2. The lowest BCUT2D eigenvalue weighted by Gasteiger charge is -2.08. The summed E-state index contributed by atoms with van der Waals surface area (Å²) in [5.74, 6) is 1.43. The number of halogens is 1. The molecule has 4 nitrogen and oxygen atoms in total. The molecule has 1 rings (SSSR count). The lowest BCUT2D eigenvalue weighted by Crippen LogP contribution is -2.08. The fraction of sp³-hybridized carbons (Fsp3) is 0.636. The van der Waals surface area contributed by atoms with Gasteiger partial charge in [0.1, 0.15) is 17.6 Å². The monoisotopic (exact) mass is 244 g/mol. The second kappa shape index (κ2) is 6.66. The maximum atomic E-state index is 5.87. The van der Waals surface area contributed by atoms with Crippen LogP contribution < -0.4 is 4.74 Å². The topological polar surface area (TPSA) is 44.2 Å². The van der Waals surface area contributed by atoms with Crippen molar-refractivity contribution in [1.29, 1.82) is 0 Å². The SMILES string of the molecule is CCOCCOc1cc(Cl)nc(C(C)C)n1. The molecule has 16 heavy (non-hydrogen) atoms. The van der Waals surface area contributed by atoms with E-state index in [0.717, 1.165) is 0 Å². The first-order valence-electron chi connectivity index (χ1n) is 5.38. The highest BCUT2D eigenvalue weighted by Gasteiger charge is 2.07. The van der Waals surface area contributed by atoms with Crippen LogP contribution in [0.4, 0.5) is 0 Å². The van der Waals surface area contributed by atoms with Crippen molar-refractivity contribution in [3.63, 3.8) is 0 Å². The van der Waals surface area contributed by atoms with Crippen molar-refractivity contribution in [2.45, 2.75) is 26.7 Å². The number of hydrogen-bond donors (Lipinski definition) is 0. The predicted molar refractivity (Wildman–Crippen MR) is 63.1 cm³/mol. The third kappa shape index (κ3) is 4.33. The molecule has 0 radical (unpaired) electrons. The van der Waals surface area contributed by atoms with Gasteiger partial charge in [0.15, 0.2) is 0 Å². The molecular weight excluding hydrogens is 228 g/mol. The summed E-state index contributed by atoms with van der Waals surface area (Å²) < 4.78 is 10.6. The van der Waals surface area contributed by atoms with E-state index in [1.807, 2.05) is 20.8 Å². The van der Waals surface area contributed by atoms with Crippen molar-refractivity contribution in [3.8, 4) is 5.88 Å². The average Bonchev–Trinajstić information content (AvgIpc) is 2.23. The molecule has 0 bridgehead atoms. The van der Waals surface area contributed by atoms with Gasteiger partial charge < -0.3 is 9.47 Å². The van der Waals surface area contributed by atoms with E-state index in [2.05, 4.69) is 9.97 Å². The minimum absolute atomic E-state index is 0.230. The molecule has 0 fully saturated rings. The van der Waals surface area contributed by atoms with Crippen LogP contribution in [0.15, 0.2) is 6.07 Å². The van der Waals surface area contributed by atoms with Gasteiger partial charge in [0, 0.05) is 18.6 Å². The number of aromatic nitrogens is 2. The van der Waals surface area contributed by atoms with Gasteiger partial charge >= 0.3 is 0 Å². The largest absolute Gasteiger partial charge is 0.475 e. The normalized spacial score (nSPS) is 10.8. The van der Waals surface area contributed by atoms with Crippen LogP contribution in [-0.2, 0) is 4.74 Å². The van der Waals surface area contributed by atoms with Crippen molar-refractivity contribution in [2.24, 2.45) is 0 Å². The number of nitrogens with zero attached hydrogens (tertiary/aromatic N) is 2. The van der Waals surface area contributed by atoms with Crippen LogP contribution in [-0.4, -0.2) is 29.8 Å². The Bertz CT molecular complexity index is 332. The Kier molecular flexibility index (Phi) is 5.49. The summed E-state index contributed by atoms with van der Waals surface area (Å²) in [6.07, 6.45) is 0. The Morgan fingerprint density at radius 3 is 2.69 bits per heavy atom. The molecule has 1 heterocycles. The van der Waals surface area contributed by atoms with E-state index in [1.165, 1.54) is 0 Å². The second-order valence-corrected chi connectivity index (χ2v) is 3.97. The molecule has 0 amide bonds. The molecule has 0 N–H and O–H groups in total. The zero-order chi connectivity index (χ0) is 12.0. The zero-order valence-electron chi connectivity index (χ0n) is 9.86. The van der Waals surface area contributed by atoms with E-state index in [4.69, 9.17) is 21.1 Å². The van der Waals surface area contributed by atoms with Crippen molar-refractivity contribution in [1.82, 2.24) is 9.97 Å². The minimum Gasteiger partial charge on any atom is -0.475 e. The first-order chi connectivity index (χ1) is 7.63.